The Morgan fingerprint density at radius 1 is 1.36 bits per heavy atom. The molecule has 1 atom stereocenters. The molecular formula is C8H17NO2. The Balaban J connectivity index is 2.39. The van der Waals surface area contributed by atoms with Gasteiger partial charge in [0.2, 0.25) is 0 Å². The van der Waals surface area contributed by atoms with Crippen molar-refractivity contribution in [2.75, 3.05) is 19.8 Å². The second-order valence-electron chi connectivity index (χ2n) is 3.21. The van der Waals surface area contributed by atoms with Gasteiger partial charge in [0.25, 0.3) is 0 Å². The summed E-state index contributed by atoms with van der Waals surface area (Å²) < 4.78 is 5.42. The highest BCUT2D eigenvalue weighted by atomic mass is 16.7. The van der Waals surface area contributed by atoms with Crippen molar-refractivity contribution in [3.05, 3.63) is 0 Å². The predicted octanol–water partition coefficient (Wildman–Crippen LogP) is 1.05. The zero-order valence-corrected chi connectivity index (χ0v) is 7.54. The summed E-state index contributed by atoms with van der Waals surface area (Å²) in [7, 11) is 0. The van der Waals surface area contributed by atoms with Crippen LogP contribution in [0.2, 0.25) is 0 Å². The molecule has 1 aliphatic heterocycles. The molecular weight excluding hydrogens is 142 g/mol. The fourth-order valence-electron chi connectivity index (χ4n) is 1.12. The molecule has 1 heterocycles. The van der Waals surface area contributed by atoms with E-state index in [4.69, 9.17) is 9.57 Å². The minimum absolute atomic E-state index is 0.292. The van der Waals surface area contributed by atoms with Crippen LogP contribution in [-0.4, -0.2) is 37.0 Å². The Morgan fingerprint density at radius 2 is 2.09 bits per heavy atom. The molecule has 1 unspecified atom stereocenters. The highest BCUT2D eigenvalue weighted by Crippen LogP contribution is 2.06. The number of nitrogens with zero attached hydrogens (tertiary/aromatic N) is 1. The Bertz CT molecular complexity index is 117. The van der Waals surface area contributed by atoms with Crippen LogP contribution in [0.15, 0.2) is 0 Å². The van der Waals surface area contributed by atoms with E-state index in [9.17, 15) is 0 Å². The van der Waals surface area contributed by atoms with Crippen LogP contribution in [0.3, 0.4) is 0 Å². The van der Waals surface area contributed by atoms with E-state index in [1.54, 1.807) is 0 Å². The summed E-state index contributed by atoms with van der Waals surface area (Å²) in [5, 5.41) is 1.98. The van der Waals surface area contributed by atoms with Gasteiger partial charge in [-0.05, 0) is 20.8 Å². The van der Waals surface area contributed by atoms with Gasteiger partial charge in [0.05, 0.1) is 25.9 Å². The monoisotopic (exact) mass is 159 g/mol. The molecule has 0 N–H and O–H groups in total. The molecule has 0 radical (unpaired) electrons. The van der Waals surface area contributed by atoms with Gasteiger partial charge in [-0.3, -0.25) is 4.84 Å². The molecule has 3 nitrogen and oxygen atoms in total. The zero-order valence-electron chi connectivity index (χ0n) is 7.54. The third-order valence-electron chi connectivity index (χ3n) is 1.76. The first-order chi connectivity index (χ1) is 5.20. The van der Waals surface area contributed by atoms with E-state index in [-0.39, 0.29) is 0 Å². The van der Waals surface area contributed by atoms with Crippen LogP contribution in [0, 0.1) is 0 Å². The summed E-state index contributed by atoms with van der Waals surface area (Å²) in [6.45, 7) is 8.59. The van der Waals surface area contributed by atoms with Crippen molar-refractivity contribution in [2.45, 2.75) is 32.9 Å². The fraction of sp³-hybridized carbons (Fsp3) is 1.00. The van der Waals surface area contributed by atoms with Crippen molar-refractivity contribution < 1.29 is 9.57 Å². The molecule has 0 aliphatic carbocycles. The van der Waals surface area contributed by atoms with Gasteiger partial charge >= 0.3 is 0 Å². The quantitative estimate of drug-likeness (QED) is 0.570. The number of hydrogen-bond acceptors (Lipinski definition) is 3. The third kappa shape index (κ3) is 2.77. The van der Waals surface area contributed by atoms with Crippen LogP contribution in [0.1, 0.15) is 20.8 Å². The summed E-state index contributed by atoms with van der Waals surface area (Å²) in [6.07, 6.45) is 0.292. The van der Waals surface area contributed by atoms with E-state index >= 15 is 0 Å². The molecule has 0 bridgehead atoms. The number of hydrogen-bond donors (Lipinski definition) is 0. The molecule has 11 heavy (non-hydrogen) atoms. The molecule has 0 saturated carbocycles. The lowest BCUT2D eigenvalue weighted by Crippen LogP contribution is -2.35. The molecule has 66 valence electrons. The minimum atomic E-state index is 0.292. The highest BCUT2D eigenvalue weighted by molar-refractivity contribution is 4.61. The average Bonchev–Trinajstić information content (AvgIpc) is 2.13. The Hall–Kier alpha value is -0.120. The maximum Gasteiger partial charge on any atom is 0.0919 e. The first-order valence-electron chi connectivity index (χ1n) is 4.21. The van der Waals surface area contributed by atoms with Crippen molar-refractivity contribution in [1.82, 2.24) is 5.06 Å². The summed E-state index contributed by atoms with van der Waals surface area (Å²) in [5.41, 5.74) is 0. The Labute approximate surface area is 68.2 Å². The van der Waals surface area contributed by atoms with Crippen LogP contribution in [0.4, 0.5) is 0 Å². The number of rotatable bonds is 1. The summed E-state index contributed by atoms with van der Waals surface area (Å²) in [6, 6.07) is 0.444. The molecule has 1 rings (SSSR count). The van der Waals surface area contributed by atoms with Gasteiger partial charge in [-0.2, -0.15) is 5.06 Å². The van der Waals surface area contributed by atoms with Crippen LogP contribution in [0.25, 0.3) is 0 Å². The third-order valence-corrected chi connectivity index (χ3v) is 1.76. The van der Waals surface area contributed by atoms with Crippen molar-refractivity contribution in [3.8, 4) is 0 Å². The van der Waals surface area contributed by atoms with E-state index < -0.39 is 0 Å². The Morgan fingerprint density at radius 3 is 2.73 bits per heavy atom. The van der Waals surface area contributed by atoms with E-state index in [2.05, 4.69) is 20.8 Å². The van der Waals surface area contributed by atoms with E-state index in [0.29, 0.717) is 25.4 Å². The normalized spacial score (nSPS) is 28.9. The van der Waals surface area contributed by atoms with Crippen LogP contribution in [0.5, 0.6) is 0 Å². The maximum atomic E-state index is 5.44. The molecule has 3 heteroatoms. The largest absolute Gasteiger partial charge is 0.375 e. The van der Waals surface area contributed by atoms with Crippen LogP contribution >= 0.6 is 0 Å². The molecule has 0 aromatic rings. The second-order valence-corrected chi connectivity index (χ2v) is 3.21. The summed E-state index contributed by atoms with van der Waals surface area (Å²) >= 11 is 0. The van der Waals surface area contributed by atoms with Crippen molar-refractivity contribution >= 4 is 0 Å². The average molecular weight is 159 g/mol. The van der Waals surface area contributed by atoms with E-state index in [0.717, 1.165) is 6.54 Å². The molecule has 0 amide bonds. The smallest absolute Gasteiger partial charge is 0.0919 e. The van der Waals surface area contributed by atoms with Crippen molar-refractivity contribution in [2.24, 2.45) is 0 Å². The minimum Gasteiger partial charge on any atom is -0.375 e. The van der Waals surface area contributed by atoms with Gasteiger partial charge in [-0.1, -0.05) is 0 Å². The predicted molar refractivity (Wildman–Crippen MR) is 43.2 cm³/mol. The van der Waals surface area contributed by atoms with Gasteiger partial charge in [-0.25, -0.2) is 0 Å². The van der Waals surface area contributed by atoms with Gasteiger partial charge in [0.15, 0.2) is 0 Å². The summed E-state index contributed by atoms with van der Waals surface area (Å²) in [4.78, 5) is 5.44. The molecule has 1 aliphatic rings. The lowest BCUT2D eigenvalue weighted by atomic mass is 10.3. The highest BCUT2D eigenvalue weighted by Gasteiger charge is 2.17. The number of ether oxygens (including phenoxy) is 1. The topological polar surface area (TPSA) is 21.7 Å². The van der Waals surface area contributed by atoms with Gasteiger partial charge < -0.3 is 4.74 Å². The SMILES string of the molecule is CC1CN(C(C)C)OCCO1. The lowest BCUT2D eigenvalue weighted by molar-refractivity contribution is -0.170. The maximum absolute atomic E-state index is 5.44. The van der Waals surface area contributed by atoms with Gasteiger partial charge in [0.1, 0.15) is 0 Å². The van der Waals surface area contributed by atoms with Crippen molar-refractivity contribution in [3.63, 3.8) is 0 Å². The zero-order chi connectivity index (χ0) is 8.27. The van der Waals surface area contributed by atoms with E-state index in [1.807, 2.05) is 5.06 Å². The lowest BCUT2D eigenvalue weighted by Gasteiger charge is -2.24. The molecule has 0 aromatic heterocycles. The first-order valence-corrected chi connectivity index (χ1v) is 4.21. The molecule has 1 fully saturated rings. The van der Waals surface area contributed by atoms with Crippen molar-refractivity contribution in [1.29, 1.82) is 0 Å². The van der Waals surface area contributed by atoms with Gasteiger partial charge in [0, 0.05) is 6.04 Å². The molecule has 0 spiro atoms. The fourth-order valence-corrected chi connectivity index (χ4v) is 1.12. The second kappa shape index (κ2) is 4.04. The van der Waals surface area contributed by atoms with E-state index in [1.165, 1.54) is 0 Å². The summed E-state index contributed by atoms with van der Waals surface area (Å²) in [5.74, 6) is 0. The standard InChI is InChI=1S/C8H17NO2/c1-7(2)9-6-8(3)10-4-5-11-9/h7-8H,4-6H2,1-3H3. The first kappa shape index (κ1) is 8.97. The van der Waals surface area contributed by atoms with Crippen LogP contribution < -0.4 is 0 Å². The Kier molecular flexibility index (Phi) is 3.30. The van der Waals surface area contributed by atoms with Gasteiger partial charge in [-0.15, -0.1) is 0 Å². The molecule has 0 aromatic carbocycles. The molecule has 1 saturated heterocycles. The van der Waals surface area contributed by atoms with Crippen LogP contribution in [-0.2, 0) is 9.57 Å². The number of hydroxylamine groups is 2.